The van der Waals surface area contributed by atoms with E-state index in [1.165, 1.54) is 43.1 Å². The molecule has 3 aromatic heterocycles. The van der Waals surface area contributed by atoms with Gasteiger partial charge in [0.15, 0.2) is 0 Å². The molecule has 1 amide bonds. The number of amides is 1. The van der Waals surface area contributed by atoms with Gasteiger partial charge in [-0.2, -0.15) is 0 Å². The first kappa shape index (κ1) is 38.8. The van der Waals surface area contributed by atoms with Gasteiger partial charge < -0.3 is 31.4 Å². The minimum atomic E-state index is -1.03. The summed E-state index contributed by atoms with van der Waals surface area (Å²) in [7, 11) is 0. The molecule has 1 saturated heterocycles. The summed E-state index contributed by atoms with van der Waals surface area (Å²) in [5.74, 6) is -0.501. The average Bonchev–Trinajstić information content (AvgIpc) is 3.20. The zero-order valence-electron chi connectivity index (χ0n) is 31.5. The molecule has 3 aromatic carbocycles. The van der Waals surface area contributed by atoms with Crippen LogP contribution in [-0.4, -0.2) is 73.2 Å². The van der Waals surface area contributed by atoms with Crippen molar-refractivity contribution in [3.63, 3.8) is 0 Å². The Bertz CT molecular complexity index is 2390. The number of hydrogen-bond donors (Lipinski definition) is 4. The molecule has 292 valence electrons. The quantitative estimate of drug-likeness (QED) is 0.118. The number of nitrogen functional groups attached to an aromatic ring is 2. The summed E-state index contributed by atoms with van der Waals surface area (Å²) in [6.45, 7) is 6.53. The molecule has 1 aliphatic rings. The van der Waals surface area contributed by atoms with Crippen molar-refractivity contribution in [2.24, 2.45) is 5.41 Å². The SMILES string of the molecule is CC(C)(C)C(=O)Nc1ncc(OCC2CN(C(O)c3ccccc3-c3ccc(-c4cnc(N)nc4)c(F)c3)CCO2)cc1-c1ccc(-c2cnc(N)nc2)c(F)c1. The summed E-state index contributed by atoms with van der Waals surface area (Å²) < 4.78 is 43.2. The number of hydrogen-bond acceptors (Lipinski definition) is 12. The highest BCUT2D eigenvalue weighted by Gasteiger charge is 2.29. The predicted octanol–water partition coefficient (Wildman–Crippen LogP) is 6.53. The van der Waals surface area contributed by atoms with E-state index >= 15 is 8.78 Å². The fourth-order valence-corrected chi connectivity index (χ4v) is 6.36. The van der Waals surface area contributed by atoms with Crippen molar-refractivity contribution in [3.05, 3.63) is 115 Å². The number of ether oxygens (including phenoxy) is 2. The molecule has 2 unspecified atom stereocenters. The largest absolute Gasteiger partial charge is 0.489 e. The minimum Gasteiger partial charge on any atom is -0.489 e. The molecule has 15 heteroatoms. The number of morpholine rings is 1. The molecule has 0 bridgehead atoms. The lowest BCUT2D eigenvalue weighted by Gasteiger charge is -2.36. The fraction of sp³-hybridized carbons (Fsp3) is 0.238. The van der Waals surface area contributed by atoms with Crippen LogP contribution in [-0.2, 0) is 9.53 Å². The summed E-state index contributed by atoms with van der Waals surface area (Å²) in [6.07, 6.45) is 5.83. The van der Waals surface area contributed by atoms with Gasteiger partial charge in [-0.05, 0) is 34.9 Å². The second-order valence-corrected chi connectivity index (χ2v) is 14.6. The highest BCUT2D eigenvalue weighted by Crippen LogP contribution is 2.36. The first-order valence-corrected chi connectivity index (χ1v) is 18.2. The molecule has 0 spiro atoms. The van der Waals surface area contributed by atoms with E-state index < -0.39 is 29.4 Å². The van der Waals surface area contributed by atoms with Gasteiger partial charge in [0.2, 0.25) is 17.8 Å². The molecule has 0 aliphatic carbocycles. The number of aliphatic hydroxyl groups excluding tert-OH is 1. The summed E-state index contributed by atoms with van der Waals surface area (Å²) >= 11 is 0. The number of nitrogens with zero attached hydrogens (tertiary/aromatic N) is 6. The number of halogens is 2. The molecule has 2 atom stereocenters. The first-order valence-electron chi connectivity index (χ1n) is 18.2. The molecule has 7 rings (SSSR count). The van der Waals surface area contributed by atoms with Crippen LogP contribution in [0.1, 0.15) is 32.6 Å². The lowest BCUT2D eigenvalue weighted by atomic mass is 9.95. The maximum Gasteiger partial charge on any atom is 0.230 e. The van der Waals surface area contributed by atoms with Gasteiger partial charge in [0, 0.05) is 76.7 Å². The van der Waals surface area contributed by atoms with Crippen molar-refractivity contribution in [2.45, 2.75) is 33.1 Å². The number of anilines is 3. The molecule has 6 aromatic rings. The molecular weight excluding hydrogens is 733 g/mol. The van der Waals surface area contributed by atoms with Crippen LogP contribution in [0.15, 0.2) is 97.7 Å². The maximum atomic E-state index is 15.6. The van der Waals surface area contributed by atoms with Crippen LogP contribution in [0.5, 0.6) is 5.75 Å². The van der Waals surface area contributed by atoms with Gasteiger partial charge in [-0.25, -0.2) is 33.7 Å². The van der Waals surface area contributed by atoms with Gasteiger partial charge in [-0.1, -0.05) is 69.3 Å². The first-order chi connectivity index (χ1) is 27.3. The molecule has 6 N–H and O–H groups in total. The maximum absolute atomic E-state index is 15.6. The highest BCUT2D eigenvalue weighted by atomic mass is 19.1. The Morgan fingerprint density at radius 3 is 1.98 bits per heavy atom. The van der Waals surface area contributed by atoms with Crippen molar-refractivity contribution in [1.29, 1.82) is 0 Å². The average molecular weight is 774 g/mol. The van der Waals surface area contributed by atoms with Crippen LogP contribution in [0.3, 0.4) is 0 Å². The van der Waals surface area contributed by atoms with Gasteiger partial charge in [0.1, 0.15) is 42.1 Å². The minimum absolute atomic E-state index is 0.0775. The van der Waals surface area contributed by atoms with Gasteiger partial charge in [-0.15, -0.1) is 0 Å². The van der Waals surface area contributed by atoms with Crippen LogP contribution in [0.2, 0.25) is 0 Å². The third-order valence-corrected chi connectivity index (χ3v) is 9.49. The van der Waals surface area contributed by atoms with Gasteiger partial charge in [-0.3, -0.25) is 9.69 Å². The summed E-state index contributed by atoms with van der Waals surface area (Å²) in [5.41, 5.74) is 14.8. The number of pyridine rings is 1. The Kier molecular flexibility index (Phi) is 11.1. The van der Waals surface area contributed by atoms with Crippen molar-refractivity contribution in [1.82, 2.24) is 29.8 Å². The lowest BCUT2D eigenvalue weighted by Crippen LogP contribution is -2.46. The van der Waals surface area contributed by atoms with Crippen molar-refractivity contribution < 1.29 is 28.2 Å². The molecule has 57 heavy (non-hydrogen) atoms. The number of rotatable bonds is 10. The predicted molar refractivity (Wildman–Crippen MR) is 212 cm³/mol. The van der Waals surface area contributed by atoms with E-state index in [9.17, 15) is 9.90 Å². The van der Waals surface area contributed by atoms with Crippen LogP contribution in [0, 0.1) is 17.0 Å². The molecule has 4 heterocycles. The van der Waals surface area contributed by atoms with Crippen molar-refractivity contribution >= 4 is 23.6 Å². The molecule has 1 aliphatic heterocycles. The van der Waals surface area contributed by atoms with Crippen molar-refractivity contribution in [2.75, 3.05) is 43.1 Å². The molecule has 1 fully saturated rings. The Morgan fingerprint density at radius 2 is 1.40 bits per heavy atom. The smallest absolute Gasteiger partial charge is 0.230 e. The number of carbonyl (C=O) groups is 1. The summed E-state index contributed by atoms with van der Waals surface area (Å²) in [6, 6.07) is 18.5. The number of aliphatic hydroxyl groups is 1. The number of carbonyl (C=O) groups excluding carboxylic acids is 1. The van der Waals surface area contributed by atoms with Gasteiger partial charge in [0.25, 0.3) is 0 Å². The normalized spacial score (nSPS) is 15.2. The summed E-state index contributed by atoms with van der Waals surface area (Å²) in [4.78, 5) is 35.2. The van der Waals surface area contributed by atoms with E-state index in [1.807, 2.05) is 29.2 Å². The second-order valence-electron chi connectivity index (χ2n) is 14.6. The Morgan fingerprint density at radius 1 is 0.825 bits per heavy atom. The van der Waals surface area contributed by atoms with E-state index in [2.05, 4.69) is 30.2 Å². The molecule has 0 saturated carbocycles. The van der Waals surface area contributed by atoms with E-state index in [4.69, 9.17) is 20.9 Å². The number of nitrogens with two attached hydrogens (primary N) is 2. The topological polar surface area (TPSA) is 188 Å². The monoisotopic (exact) mass is 773 g/mol. The third-order valence-electron chi connectivity index (χ3n) is 9.49. The van der Waals surface area contributed by atoms with Gasteiger partial charge in [0.05, 0.1) is 12.8 Å². The van der Waals surface area contributed by atoms with E-state index in [0.29, 0.717) is 70.0 Å². The zero-order valence-corrected chi connectivity index (χ0v) is 31.5. The van der Waals surface area contributed by atoms with Gasteiger partial charge >= 0.3 is 0 Å². The zero-order chi connectivity index (χ0) is 40.3. The standard InChI is InChI=1S/C42H41F2N9O4/c1-42(2,3)39(55)52-37-34(25-9-11-32(36(44)15-25)27-19-50-41(46)51-20-27)16-28(21-47-37)57-23-29-22-53(12-13-56-29)38(54)33-7-5-4-6-30(33)24-8-10-31(35(43)14-24)26-17-48-40(45)49-18-26/h4-11,14-21,29,38,54H,12-13,22-23H2,1-3H3,(H2,45,48,49)(H2,46,50,51)(H,47,52,55). The van der Waals surface area contributed by atoms with Crippen LogP contribution in [0.25, 0.3) is 44.5 Å². The second kappa shape index (κ2) is 16.4. The third kappa shape index (κ3) is 8.86. The molecule has 13 nitrogen and oxygen atoms in total. The van der Waals surface area contributed by atoms with E-state index in [1.54, 1.807) is 51.1 Å². The van der Waals surface area contributed by atoms with E-state index in [-0.39, 0.29) is 35.8 Å². The molecule has 0 radical (unpaired) electrons. The Balaban J connectivity index is 1.08. The van der Waals surface area contributed by atoms with Crippen LogP contribution < -0.4 is 21.5 Å². The fourth-order valence-electron chi connectivity index (χ4n) is 6.36. The number of nitrogens with one attached hydrogen (secondary N) is 1. The van der Waals surface area contributed by atoms with Crippen LogP contribution >= 0.6 is 0 Å². The number of aromatic nitrogens is 5. The highest BCUT2D eigenvalue weighted by molar-refractivity contribution is 5.97. The van der Waals surface area contributed by atoms with Crippen LogP contribution in [0.4, 0.5) is 26.5 Å². The summed E-state index contributed by atoms with van der Waals surface area (Å²) in [5, 5.41) is 14.6. The Hall–Kier alpha value is -6.42. The van der Waals surface area contributed by atoms with Crippen molar-refractivity contribution in [3.8, 4) is 50.3 Å². The lowest BCUT2D eigenvalue weighted by molar-refractivity contribution is -0.123. The molecular formula is C42H41F2N9O4. The van der Waals surface area contributed by atoms with E-state index in [0.717, 1.165) is 0 Å². The Labute approximate surface area is 327 Å². The number of benzene rings is 3.